The Balaban J connectivity index is 1.89. The molecule has 1 aliphatic heterocycles. The first-order valence-corrected chi connectivity index (χ1v) is 8.73. The predicted octanol–water partition coefficient (Wildman–Crippen LogP) is 3.59. The van der Waals surface area contributed by atoms with E-state index in [9.17, 15) is 0 Å². The zero-order chi connectivity index (χ0) is 14.0. The minimum Gasteiger partial charge on any atom is -0.307 e. The third-order valence-corrected chi connectivity index (χ3v) is 6.69. The van der Waals surface area contributed by atoms with Gasteiger partial charge in [-0.05, 0) is 38.1 Å². The minimum atomic E-state index is 0.137. The molecule has 3 nitrogen and oxygen atoms in total. The largest absolute Gasteiger partial charge is 0.307 e. The van der Waals surface area contributed by atoms with Crippen molar-refractivity contribution in [1.82, 2.24) is 15.5 Å². The molecule has 2 heterocycles. The highest BCUT2D eigenvalue weighted by atomic mass is 32.2. The molecule has 0 saturated carbocycles. The molecule has 2 aromatic rings. The number of hydrogen-bond donors (Lipinski definition) is 1. The zero-order valence-electron chi connectivity index (χ0n) is 11.8. The maximum Gasteiger partial charge on any atom is 0.139 e. The Labute approximate surface area is 128 Å². The standard InChI is InChI=1S/C15H19N3S2/c1-15(9-6-10-19-15)14-18-17-13(20-14)12(16-2)11-7-4-3-5-8-11/h3-5,7-8,12,16H,6,9-10H2,1-2H3. The fourth-order valence-corrected chi connectivity index (χ4v) is 5.14. The Morgan fingerprint density at radius 2 is 2.05 bits per heavy atom. The molecule has 2 atom stereocenters. The van der Waals surface area contributed by atoms with Gasteiger partial charge in [-0.2, -0.15) is 0 Å². The number of nitrogens with zero attached hydrogens (tertiary/aromatic N) is 2. The Morgan fingerprint density at radius 3 is 2.70 bits per heavy atom. The van der Waals surface area contributed by atoms with Crippen molar-refractivity contribution in [2.45, 2.75) is 30.6 Å². The van der Waals surface area contributed by atoms with Crippen LogP contribution in [0.4, 0.5) is 0 Å². The molecule has 0 bridgehead atoms. The molecule has 1 fully saturated rings. The van der Waals surface area contributed by atoms with Crippen molar-refractivity contribution >= 4 is 23.1 Å². The van der Waals surface area contributed by atoms with Crippen LogP contribution in [0.2, 0.25) is 0 Å². The van der Waals surface area contributed by atoms with E-state index in [1.807, 2.05) is 24.9 Å². The molecular weight excluding hydrogens is 286 g/mol. The highest BCUT2D eigenvalue weighted by Crippen LogP contribution is 2.47. The first kappa shape index (κ1) is 14.0. The van der Waals surface area contributed by atoms with Crippen molar-refractivity contribution in [2.24, 2.45) is 0 Å². The third kappa shape index (κ3) is 2.62. The summed E-state index contributed by atoms with van der Waals surface area (Å²) >= 11 is 3.76. The van der Waals surface area contributed by atoms with E-state index < -0.39 is 0 Å². The number of nitrogens with one attached hydrogen (secondary N) is 1. The zero-order valence-corrected chi connectivity index (χ0v) is 13.4. The summed E-state index contributed by atoms with van der Waals surface area (Å²) in [6, 6.07) is 10.6. The Hall–Kier alpha value is -0.910. The summed E-state index contributed by atoms with van der Waals surface area (Å²) in [5, 5.41) is 14.5. The summed E-state index contributed by atoms with van der Waals surface area (Å²) in [6.07, 6.45) is 2.49. The van der Waals surface area contributed by atoms with Gasteiger partial charge in [0.25, 0.3) is 0 Å². The molecular formula is C15H19N3S2. The van der Waals surface area contributed by atoms with Crippen LogP contribution >= 0.6 is 23.1 Å². The number of rotatable bonds is 4. The SMILES string of the molecule is CNC(c1ccccc1)c1nnc(C2(C)CCCS2)s1. The minimum absolute atomic E-state index is 0.137. The van der Waals surface area contributed by atoms with Crippen LogP contribution in [0, 0.1) is 0 Å². The summed E-state index contributed by atoms with van der Waals surface area (Å²) in [7, 11) is 1.98. The van der Waals surface area contributed by atoms with E-state index in [1.54, 1.807) is 11.3 Å². The molecule has 0 radical (unpaired) electrons. The Bertz CT molecular complexity index is 562. The molecule has 20 heavy (non-hydrogen) atoms. The van der Waals surface area contributed by atoms with Crippen LogP contribution in [-0.4, -0.2) is 23.0 Å². The summed E-state index contributed by atoms with van der Waals surface area (Å²) in [5.41, 5.74) is 1.24. The quantitative estimate of drug-likeness (QED) is 0.937. The van der Waals surface area contributed by atoms with Gasteiger partial charge < -0.3 is 5.32 Å². The molecule has 2 unspecified atom stereocenters. The van der Waals surface area contributed by atoms with Crippen molar-refractivity contribution in [2.75, 3.05) is 12.8 Å². The van der Waals surface area contributed by atoms with Gasteiger partial charge in [-0.3, -0.25) is 0 Å². The van der Waals surface area contributed by atoms with Crippen molar-refractivity contribution < 1.29 is 0 Å². The van der Waals surface area contributed by atoms with Crippen molar-refractivity contribution in [3.8, 4) is 0 Å². The molecule has 1 N–H and O–H groups in total. The fourth-order valence-electron chi connectivity index (χ4n) is 2.59. The molecule has 3 rings (SSSR count). The van der Waals surface area contributed by atoms with E-state index >= 15 is 0 Å². The van der Waals surface area contributed by atoms with Gasteiger partial charge in [0.05, 0.1) is 10.8 Å². The van der Waals surface area contributed by atoms with E-state index in [-0.39, 0.29) is 10.8 Å². The van der Waals surface area contributed by atoms with E-state index in [4.69, 9.17) is 0 Å². The summed E-state index contributed by atoms with van der Waals surface area (Å²) in [6.45, 7) is 2.30. The van der Waals surface area contributed by atoms with Crippen LogP contribution < -0.4 is 5.32 Å². The second-order valence-corrected chi connectivity index (χ2v) is 7.87. The molecule has 1 aliphatic rings. The van der Waals surface area contributed by atoms with E-state index in [2.05, 4.69) is 46.7 Å². The summed E-state index contributed by atoms with van der Waals surface area (Å²) in [4.78, 5) is 0. The van der Waals surface area contributed by atoms with Crippen LogP contribution in [0.1, 0.15) is 41.4 Å². The highest BCUT2D eigenvalue weighted by molar-refractivity contribution is 8.00. The van der Waals surface area contributed by atoms with Crippen molar-refractivity contribution in [3.63, 3.8) is 0 Å². The normalized spacial score (nSPS) is 23.9. The topological polar surface area (TPSA) is 37.8 Å². The van der Waals surface area contributed by atoms with Crippen LogP contribution in [0.25, 0.3) is 0 Å². The summed E-state index contributed by atoms with van der Waals surface area (Å²) in [5.74, 6) is 1.24. The first-order chi connectivity index (χ1) is 9.73. The van der Waals surface area contributed by atoms with Gasteiger partial charge in [-0.25, -0.2) is 0 Å². The van der Waals surface area contributed by atoms with E-state index in [0.29, 0.717) is 0 Å². The maximum absolute atomic E-state index is 4.47. The second-order valence-electron chi connectivity index (χ2n) is 5.26. The molecule has 1 saturated heterocycles. The molecule has 1 aromatic heterocycles. The average molecular weight is 305 g/mol. The van der Waals surface area contributed by atoms with Crippen molar-refractivity contribution in [1.29, 1.82) is 0 Å². The molecule has 106 valence electrons. The van der Waals surface area contributed by atoms with Gasteiger partial charge in [-0.1, -0.05) is 41.7 Å². The summed E-state index contributed by atoms with van der Waals surface area (Å²) < 4.78 is 0.172. The lowest BCUT2D eigenvalue weighted by atomic mass is 10.1. The number of aromatic nitrogens is 2. The van der Waals surface area contributed by atoms with Crippen LogP contribution in [0.3, 0.4) is 0 Å². The van der Waals surface area contributed by atoms with E-state index in [1.165, 1.54) is 29.2 Å². The average Bonchev–Trinajstić information content (AvgIpc) is 3.11. The van der Waals surface area contributed by atoms with E-state index in [0.717, 1.165) is 5.01 Å². The lowest BCUT2D eigenvalue weighted by Crippen LogP contribution is -2.17. The van der Waals surface area contributed by atoms with Crippen molar-refractivity contribution in [3.05, 3.63) is 45.9 Å². The molecule has 0 amide bonds. The van der Waals surface area contributed by atoms with Gasteiger partial charge in [-0.15, -0.1) is 22.0 Å². The second kappa shape index (κ2) is 5.84. The molecule has 5 heteroatoms. The van der Waals surface area contributed by atoms with Gasteiger partial charge in [0.15, 0.2) is 0 Å². The smallest absolute Gasteiger partial charge is 0.139 e. The Morgan fingerprint density at radius 1 is 1.25 bits per heavy atom. The molecule has 0 aliphatic carbocycles. The van der Waals surface area contributed by atoms with Gasteiger partial charge in [0, 0.05) is 0 Å². The van der Waals surface area contributed by atoms with Gasteiger partial charge >= 0.3 is 0 Å². The van der Waals surface area contributed by atoms with Crippen LogP contribution in [-0.2, 0) is 4.75 Å². The van der Waals surface area contributed by atoms with Gasteiger partial charge in [0.2, 0.25) is 0 Å². The number of thioether (sulfide) groups is 1. The van der Waals surface area contributed by atoms with Gasteiger partial charge in [0.1, 0.15) is 10.0 Å². The first-order valence-electron chi connectivity index (χ1n) is 6.93. The predicted molar refractivity (Wildman–Crippen MR) is 86.3 cm³/mol. The Kier molecular flexibility index (Phi) is 4.10. The molecule has 1 aromatic carbocycles. The number of hydrogen-bond acceptors (Lipinski definition) is 5. The monoisotopic (exact) mass is 305 g/mol. The molecule has 0 spiro atoms. The number of benzene rings is 1. The lowest BCUT2D eigenvalue weighted by Gasteiger charge is -2.18. The van der Waals surface area contributed by atoms with Crippen LogP contribution in [0.5, 0.6) is 0 Å². The van der Waals surface area contributed by atoms with Crippen LogP contribution in [0.15, 0.2) is 30.3 Å². The highest BCUT2D eigenvalue weighted by Gasteiger charge is 2.35. The maximum atomic E-state index is 4.47. The fraction of sp³-hybridized carbons (Fsp3) is 0.467. The lowest BCUT2D eigenvalue weighted by molar-refractivity contribution is 0.630. The third-order valence-electron chi connectivity index (χ3n) is 3.78.